The molecule has 1 heterocycles. The zero-order valence-electron chi connectivity index (χ0n) is 12.1. The number of halogens is 1. The van der Waals surface area contributed by atoms with E-state index in [0.717, 1.165) is 33.5 Å². The molecule has 0 unspecified atom stereocenters. The molecule has 0 fully saturated rings. The van der Waals surface area contributed by atoms with E-state index in [4.69, 9.17) is 11.6 Å². The number of H-pyrrole nitrogens is 1. The number of aromatic amines is 1. The van der Waals surface area contributed by atoms with Crippen molar-refractivity contribution in [3.05, 3.63) is 70.9 Å². The smallest absolute Gasteiger partial charge is 0.224 e. The maximum atomic E-state index is 12.0. The number of hydrogen-bond donors (Lipinski definition) is 2. The van der Waals surface area contributed by atoms with Crippen molar-refractivity contribution in [3.63, 3.8) is 0 Å². The lowest BCUT2D eigenvalue weighted by Gasteiger charge is -2.07. The van der Waals surface area contributed by atoms with Crippen LogP contribution in [0.25, 0.3) is 10.9 Å². The summed E-state index contributed by atoms with van der Waals surface area (Å²) in [4.78, 5) is 15.2. The molecule has 1 aromatic heterocycles. The van der Waals surface area contributed by atoms with Crippen molar-refractivity contribution >= 4 is 28.4 Å². The highest BCUT2D eigenvalue weighted by Crippen LogP contribution is 2.16. The normalized spacial score (nSPS) is 10.8. The average molecular weight is 313 g/mol. The maximum Gasteiger partial charge on any atom is 0.224 e. The molecule has 112 valence electrons. The Morgan fingerprint density at radius 1 is 1.14 bits per heavy atom. The highest BCUT2D eigenvalue weighted by atomic mass is 35.5. The molecular formula is C18H17ClN2O. The van der Waals surface area contributed by atoms with E-state index in [0.29, 0.717) is 13.0 Å². The first-order chi connectivity index (χ1) is 10.7. The third kappa shape index (κ3) is 3.49. The van der Waals surface area contributed by atoms with Crippen LogP contribution in [0.3, 0.4) is 0 Å². The van der Waals surface area contributed by atoms with Crippen molar-refractivity contribution < 1.29 is 4.79 Å². The number of carbonyl (C=O) groups excluding carboxylic acids is 1. The standard InChI is InChI=1S/C18H17ClN2O/c19-16-4-2-1-3-14(16)7-10-21-18(22)12-13-5-6-17-15(11-13)8-9-20-17/h1-6,8-9,11,20H,7,10,12H2,(H,21,22). The number of carbonyl (C=O) groups is 1. The molecular weight excluding hydrogens is 296 g/mol. The van der Waals surface area contributed by atoms with Crippen molar-refractivity contribution in [3.8, 4) is 0 Å². The summed E-state index contributed by atoms with van der Waals surface area (Å²) >= 11 is 6.10. The van der Waals surface area contributed by atoms with Gasteiger partial charge in [0.15, 0.2) is 0 Å². The summed E-state index contributed by atoms with van der Waals surface area (Å²) in [5.41, 5.74) is 3.16. The molecule has 1 amide bonds. The summed E-state index contributed by atoms with van der Waals surface area (Å²) in [6.45, 7) is 0.592. The fraction of sp³-hybridized carbons (Fsp3) is 0.167. The van der Waals surface area contributed by atoms with Gasteiger partial charge in [0.05, 0.1) is 6.42 Å². The van der Waals surface area contributed by atoms with Crippen molar-refractivity contribution in [1.29, 1.82) is 0 Å². The van der Waals surface area contributed by atoms with Gasteiger partial charge in [-0.15, -0.1) is 0 Å². The third-order valence-corrected chi connectivity index (χ3v) is 4.03. The fourth-order valence-electron chi connectivity index (χ4n) is 2.50. The van der Waals surface area contributed by atoms with E-state index in [1.807, 2.05) is 54.7 Å². The number of rotatable bonds is 5. The van der Waals surface area contributed by atoms with E-state index in [9.17, 15) is 4.79 Å². The highest BCUT2D eigenvalue weighted by molar-refractivity contribution is 6.31. The van der Waals surface area contributed by atoms with Gasteiger partial charge in [-0.05, 0) is 47.2 Å². The lowest BCUT2D eigenvalue weighted by Crippen LogP contribution is -2.27. The minimum atomic E-state index is 0.0296. The molecule has 0 aliphatic heterocycles. The highest BCUT2D eigenvalue weighted by Gasteiger charge is 2.05. The quantitative estimate of drug-likeness (QED) is 0.741. The summed E-state index contributed by atoms with van der Waals surface area (Å²) in [5.74, 6) is 0.0296. The van der Waals surface area contributed by atoms with Crippen LogP contribution in [0.2, 0.25) is 5.02 Å². The summed E-state index contributed by atoms with van der Waals surface area (Å²) in [7, 11) is 0. The molecule has 22 heavy (non-hydrogen) atoms. The Bertz CT molecular complexity index is 794. The van der Waals surface area contributed by atoms with Gasteiger partial charge in [0.25, 0.3) is 0 Å². The van der Waals surface area contributed by atoms with Crippen LogP contribution in [0, 0.1) is 0 Å². The second-order valence-electron chi connectivity index (χ2n) is 5.27. The van der Waals surface area contributed by atoms with Crippen LogP contribution < -0.4 is 5.32 Å². The minimum Gasteiger partial charge on any atom is -0.361 e. The molecule has 4 heteroatoms. The summed E-state index contributed by atoms with van der Waals surface area (Å²) in [6.07, 6.45) is 3.03. The van der Waals surface area contributed by atoms with Crippen LogP contribution in [0.4, 0.5) is 0 Å². The van der Waals surface area contributed by atoms with Crippen molar-refractivity contribution in [2.45, 2.75) is 12.8 Å². The molecule has 2 N–H and O–H groups in total. The summed E-state index contributed by atoms with van der Waals surface area (Å²) in [5, 5.41) is 4.81. The number of amides is 1. The number of hydrogen-bond acceptors (Lipinski definition) is 1. The van der Waals surface area contributed by atoms with E-state index in [1.165, 1.54) is 0 Å². The molecule has 0 bridgehead atoms. The van der Waals surface area contributed by atoms with Crippen LogP contribution in [0.1, 0.15) is 11.1 Å². The molecule has 3 rings (SSSR count). The molecule has 0 saturated heterocycles. The van der Waals surface area contributed by atoms with Crippen LogP contribution in [-0.2, 0) is 17.6 Å². The SMILES string of the molecule is O=C(Cc1ccc2[nH]ccc2c1)NCCc1ccccc1Cl. The van der Waals surface area contributed by atoms with Crippen LogP contribution >= 0.6 is 11.6 Å². The Labute approximate surface area is 134 Å². The predicted molar refractivity (Wildman–Crippen MR) is 90.2 cm³/mol. The molecule has 0 saturated carbocycles. The molecule has 3 nitrogen and oxygen atoms in total. The molecule has 2 aromatic carbocycles. The van der Waals surface area contributed by atoms with Gasteiger partial charge in [-0.25, -0.2) is 0 Å². The first-order valence-corrected chi connectivity index (χ1v) is 7.66. The van der Waals surface area contributed by atoms with Gasteiger partial charge in [0.1, 0.15) is 0 Å². The van der Waals surface area contributed by atoms with Crippen LogP contribution in [0.5, 0.6) is 0 Å². The monoisotopic (exact) mass is 312 g/mol. The van der Waals surface area contributed by atoms with E-state index in [2.05, 4.69) is 10.3 Å². The van der Waals surface area contributed by atoms with Crippen LogP contribution in [0.15, 0.2) is 54.7 Å². The van der Waals surface area contributed by atoms with Gasteiger partial charge < -0.3 is 10.3 Å². The molecule has 0 atom stereocenters. The minimum absolute atomic E-state index is 0.0296. The second kappa shape index (κ2) is 6.67. The van der Waals surface area contributed by atoms with Gasteiger partial charge in [-0.2, -0.15) is 0 Å². The van der Waals surface area contributed by atoms with Crippen molar-refractivity contribution in [2.75, 3.05) is 6.54 Å². The Morgan fingerprint density at radius 2 is 2.00 bits per heavy atom. The zero-order chi connectivity index (χ0) is 15.4. The van der Waals surface area contributed by atoms with Gasteiger partial charge >= 0.3 is 0 Å². The van der Waals surface area contributed by atoms with Crippen molar-refractivity contribution in [2.24, 2.45) is 0 Å². The summed E-state index contributed by atoms with van der Waals surface area (Å²) in [6, 6.07) is 15.7. The molecule has 0 aliphatic carbocycles. The third-order valence-electron chi connectivity index (χ3n) is 3.66. The van der Waals surface area contributed by atoms with E-state index in [1.54, 1.807) is 0 Å². The van der Waals surface area contributed by atoms with E-state index >= 15 is 0 Å². The summed E-state index contributed by atoms with van der Waals surface area (Å²) < 4.78 is 0. The molecule has 0 aliphatic rings. The predicted octanol–water partition coefficient (Wildman–Crippen LogP) is 3.72. The zero-order valence-corrected chi connectivity index (χ0v) is 12.9. The molecule has 0 spiro atoms. The Balaban J connectivity index is 1.53. The van der Waals surface area contributed by atoms with Crippen LogP contribution in [-0.4, -0.2) is 17.4 Å². The molecule has 3 aromatic rings. The van der Waals surface area contributed by atoms with Gasteiger partial charge in [-0.1, -0.05) is 35.9 Å². The largest absolute Gasteiger partial charge is 0.361 e. The second-order valence-corrected chi connectivity index (χ2v) is 5.67. The first kappa shape index (κ1) is 14.7. The lowest BCUT2D eigenvalue weighted by molar-refractivity contribution is -0.120. The number of nitrogens with one attached hydrogen (secondary N) is 2. The van der Waals surface area contributed by atoms with Gasteiger partial charge in [-0.3, -0.25) is 4.79 Å². The number of benzene rings is 2. The Hall–Kier alpha value is -2.26. The Kier molecular flexibility index (Phi) is 4.45. The van der Waals surface area contributed by atoms with Crippen molar-refractivity contribution in [1.82, 2.24) is 10.3 Å². The fourth-order valence-corrected chi connectivity index (χ4v) is 2.73. The van der Waals surface area contributed by atoms with E-state index < -0.39 is 0 Å². The first-order valence-electron chi connectivity index (χ1n) is 7.28. The van der Waals surface area contributed by atoms with Gasteiger partial charge in [0.2, 0.25) is 5.91 Å². The average Bonchev–Trinajstić information content (AvgIpc) is 2.97. The molecule has 0 radical (unpaired) electrons. The topological polar surface area (TPSA) is 44.9 Å². The Morgan fingerprint density at radius 3 is 2.86 bits per heavy atom. The van der Waals surface area contributed by atoms with E-state index in [-0.39, 0.29) is 5.91 Å². The van der Waals surface area contributed by atoms with Gasteiger partial charge in [0, 0.05) is 23.3 Å². The maximum absolute atomic E-state index is 12.0. The lowest BCUT2D eigenvalue weighted by atomic mass is 10.1. The number of fused-ring (bicyclic) bond motifs is 1. The number of aromatic nitrogens is 1.